The van der Waals surface area contributed by atoms with Gasteiger partial charge in [-0.25, -0.2) is 0 Å². The van der Waals surface area contributed by atoms with Crippen molar-refractivity contribution in [1.29, 1.82) is 0 Å². The summed E-state index contributed by atoms with van der Waals surface area (Å²) >= 11 is 0. The van der Waals surface area contributed by atoms with Crippen LogP contribution in [0.4, 0.5) is 0 Å². The van der Waals surface area contributed by atoms with Crippen LogP contribution < -0.4 is 11.1 Å². The molecule has 5 nitrogen and oxygen atoms in total. The molecule has 2 unspecified atom stereocenters. The Kier molecular flexibility index (Phi) is 5.29. The van der Waals surface area contributed by atoms with Crippen LogP contribution >= 0.6 is 0 Å². The molecule has 1 heterocycles. The minimum Gasteiger partial charge on any atom is -0.409 e. The summed E-state index contributed by atoms with van der Waals surface area (Å²) in [5.41, 5.74) is 7.94. The van der Waals surface area contributed by atoms with Gasteiger partial charge in [0.15, 0.2) is 0 Å². The Bertz CT molecular complexity index is 571. The predicted molar refractivity (Wildman–Crippen MR) is 83.2 cm³/mol. The molecule has 1 aromatic heterocycles. The van der Waals surface area contributed by atoms with Crippen molar-refractivity contribution in [2.45, 2.75) is 18.9 Å². The second kappa shape index (κ2) is 7.40. The summed E-state index contributed by atoms with van der Waals surface area (Å²) < 4.78 is 0. The molecule has 2 rings (SSSR count). The molecule has 5 heteroatoms. The van der Waals surface area contributed by atoms with Gasteiger partial charge in [0.25, 0.3) is 0 Å². The molecule has 0 fully saturated rings. The number of amidine groups is 1. The number of oxime groups is 1. The van der Waals surface area contributed by atoms with Gasteiger partial charge in [-0.1, -0.05) is 41.6 Å². The van der Waals surface area contributed by atoms with Crippen molar-refractivity contribution in [3.8, 4) is 0 Å². The molecular weight excluding hydrogens is 264 g/mol. The van der Waals surface area contributed by atoms with Gasteiger partial charge in [0.05, 0.1) is 5.92 Å². The zero-order chi connectivity index (χ0) is 15.1. The molecule has 4 N–H and O–H groups in total. The standard InChI is InChI=1S/C16H20N4O/c1-12(14-8-5-9-18-10-14)19-11-15(16(17)20-21)13-6-3-2-4-7-13/h2-10,12,15,19,21H,11H2,1H3,(H2,17,20). The first-order valence-electron chi connectivity index (χ1n) is 6.88. The maximum absolute atomic E-state index is 8.97. The van der Waals surface area contributed by atoms with Crippen molar-refractivity contribution >= 4 is 5.84 Å². The number of aromatic nitrogens is 1. The molecule has 0 aliphatic carbocycles. The molecule has 2 atom stereocenters. The number of nitrogens with zero attached hydrogens (tertiary/aromatic N) is 2. The molecule has 0 amide bonds. The van der Waals surface area contributed by atoms with E-state index in [-0.39, 0.29) is 17.8 Å². The number of benzene rings is 1. The van der Waals surface area contributed by atoms with Crippen LogP contribution in [0.3, 0.4) is 0 Å². The summed E-state index contributed by atoms with van der Waals surface area (Å²) in [5, 5.41) is 15.5. The fourth-order valence-corrected chi connectivity index (χ4v) is 2.19. The number of hydrogen-bond donors (Lipinski definition) is 3. The summed E-state index contributed by atoms with van der Waals surface area (Å²) in [6.07, 6.45) is 3.58. The second-order valence-electron chi connectivity index (χ2n) is 4.90. The molecular formula is C16H20N4O. The zero-order valence-corrected chi connectivity index (χ0v) is 12.0. The highest BCUT2D eigenvalue weighted by Crippen LogP contribution is 2.17. The first-order valence-corrected chi connectivity index (χ1v) is 6.88. The normalized spacial score (nSPS) is 14.6. The minimum atomic E-state index is -0.171. The number of rotatable bonds is 6. The smallest absolute Gasteiger partial charge is 0.147 e. The van der Waals surface area contributed by atoms with E-state index in [0.29, 0.717) is 6.54 Å². The van der Waals surface area contributed by atoms with Gasteiger partial charge in [-0.15, -0.1) is 0 Å². The topological polar surface area (TPSA) is 83.5 Å². The summed E-state index contributed by atoms with van der Waals surface area (Å²) in [6, 6.07) is 13.8. The first-order chi connectivity index (χ1) is 10.2. The number of nitrogens with two attached hydrogens (primary N) is 1. The largest absolute Gasteiger partial charge is 0.409 e. The summed E-state index contributed by atoms with van der Waals surface area (Å²) in [6.45, 7) is 2.64. The zero-order valence-electron chi connectivity index (χ0n) is 12.0. The Hall–Kier alpha value is -2.40. The third-order valence-corrected chi connectivity index (χ3v) is 3.49. The number of pyridine rings is 1. The van der Waals surface area contributed by atoms with Crippen LogP contribution in [0.15, 0.2) is 60.0 Å². The Balaban J connectivity index is 2.07. The van der Waals surface area contributed by atoms with Crippen LogP contribution in [0.2, 0.25) is 0 Å². The molecule has 0 bridgehead atoms. The first kappa shape index (κ1) is 15.0. The molecule has 0 saturated heterocycles. The molecule has 0 radical (unpaired) electrons. The molecule has 2 aromatic rings. The third-order valence-electron chi connectivity index (χ3n) is 3.49. The average molecular weight is 284 g/mol. The van der Waals surface area contributed by atoms with E-state index in [1.807, 2.05) is 48.7 Å². The highest BCUT2D eigenvalue weighted by atomic mass is 16.4. The van der Waals surface area contributed by atoms with E-state index in [0.717, 1.165) is 11.1 Å². The van der Waals surface area contributed by atoms with Gasteiger partial charge in [-0.3, -0.25) is 4.98 Å². The lowest BCUT2D eigenvalue weighted by Gasteiger charge is -2.20. The Morgan fingerprint density at radius 3 is 2.57 bits per heavy atom. The van der Waals surface area contributed by atoms with Gasteiger partial charge in [-0.2, -0.15) is 0 Å². The predicted octanol–water partition coefficient (Wildman–Crippen LogP) is 2.26. The molecule has 21 heavy (non-hydrogen) atoms. The summed E-state index contributed by atoms with van der Waals surface area (Å²) in [5.74, 6) is 0.0300. The number of nitrogens with one attached hydrogen (secondary N) is 1. The van der Waals surface area contributed by atoms with E-state index in [9.17, 15) is 0 Å². The second-order valence-corrected chi connectivity index (χ2v) is 4.90. The van der Waals surface area contributed by atoms with Gasteiger partial charge in [0, 0.05) is 25.0 Å². The van der Waals surface area contributed by atoms with Gasteiger partial charge in [-0.05, 0) is 24.1 Å². The average Bonchev–Trinajstić information content (AvgIpc) is 2.56. The van der Waals surface area contributed by atoms with E-state index < -0.39 is 0 Å². The Morgan fingerprint density at radius 2 is 1.95 bits per heavy atom. The van der Waals surface area contributed by atoms with Gasteiger partial charge >= 0.3 is 0 Å². The van der Waals surface area contributed by atoms with E-state index >= 15 is 0 Å². The van der Waals surface area contributed by atoms with Crippen LogP contribution in [0.5, 0.6) is 0 Å². The highest BCUT2D eigenvalue weighted by Gasteiger charge is 2.17. The number of hydrogen-bond acceptors (Lipinski definition) is 4. The SMILES string of the molecule is CC(NCC(C(N)=NO)c1ccccc1)c1cccnc1. The van der Waals surface area contributed by atoms with E-state index in [2.05, 4.69) is 22.4 Å². The fraction of sp³-hybridized carbons (Fsp3) is 0.250. The van der Waals surface area contributed by atoms with Crippen LogP contribution in [0, 0.1) is 0 Å². The lowest BCUT2D eigenvalue weighted by Crippen LogP contribution is -2.33. The van der Waals surface area contributed by atoms with Gasteiger partial charge in [0.1, 0.15) is 5.84 Å². The van der Waals surface area contributed by atoms with Crippen molar-refractivity contribution in [3.63, 3.8) is 0 Å². The van der Waals surface area contributed by atoms with Crippen LogP contribution in [0.1, 0.15) is 30.0 Å². The molecule has 0 aliphatic heterocycles. The quantitative estimate of drug-likeness (QED) is 0.329. The van der Waals surface area contributed by atoms with Crippen LogP contribution in [-0.2, 0) is 0 Å². The molecule has 0 saturated carbocycles. The monoisotopic (exact) mass is 284 g/mol. The van der Waals surface area contributed by atoms with Gasteiger partial charge < -0.3 is 16.3 Å². The van der Waals surface area contributed by atoms with Crippen molar-refractivity contribution in [3.05, 3.63) is 66.0 Å². The third kappa shape index (κ3) is 4.03. The highest BCUT2D eigenvalue weighted by molar-refractivity contribution is 5.87. The van der Waals surface area contributed by atoms with Crippen LogP contribution in [-0.4, -0.2) is 22.6 Å². The fourth-order valence-electron chi connectivity index (χ4n) is 2.19. The van der Waals surface area contributed by atoms with E-state index in [1.165, 1.54) is 0 Å². The maximum Gasteiger partial charge on any atom is 0.147 e. The van der Waals surface area contributed by atoms with Gasteiger partial charge in [0.2, 0.25) is 0 Å². The summed E-state index contributed by atoms with van der Waals surface area (Å²) in [7, 11) is 0. The summed E-state index contributed by atoms with van der Waals surface area (Å²) in [4.78, 5) is 4.11. The van der Waals surface area contributed by atoms with Crippen LogP contribution in [0.25, 0.3) is 0 Å². The lowest BCUT2D eigenvalue weighted by molar-refractivity contribution is 0.315. The maximum atomic E-state index is 8.97. The molecule has 0 aliphatic rings. The lowest BCUT2D eigenvalue weighted by atomic mass is 9.97. The van der Waals surface area contributed by atoms with Crippen molar-refractivity contribution in [2.24, 2.45) is 10.9 Å². The minimum absolute atomic E-state index is 0.136. The Morgan fingerprint density at radius 1 is 1.24 bits per heavy atom. The van der Waals surface area contributed by atoms with Crippen molar-refractivity contribution in [2.75, 3.05) is 6.54 Å². The molecule has 1 aromatic carbocycles. The molecule has 0 spiro atoms. The van der Waals surface area contributed by atoms with Crippen molar-refractivity contribution in [1.82, 2.24) is 10.3 Å². The molecule has 110 valence electrons. The van der Waals surface area contributed by atoms with E-state index in [1.54, 1.807) is 6.20 Å². The van der Waals surface area contributed by atoms with E-state index in [4.69, 9.17) is 10.9 Å². The Labute approximate surface area is 124 Å². The van der Waals surface area contributed by atoms with Crippen molar-refractivity contribution < 1.29 is 5.21 Å².